The van der Waals surface area contributed by atoms with Crippen LogP contribution < -0.4 is 10.1 Å². The average Bonchev–Trinajstić information content (AvgIpc) is 2.96. The number of nitrogens with one attached hydrogen (secondary N) is 1. The van der Waals surface area contributed by atoms with Gasteiger partial charge in [-0.2, -0.15) is 0 Å². The number of piperidine rings is 1. The van der Waals surface area contributed by atoms with Crippen LogP contribution in [0.2, 0.25) is 0 Å². The standard InChI is InChI=1S/C32H35FN2O5/c33-27-8-4-7-23(19-27)11-14-31(37)35-17-15-25(16-18-35)21-30(36)34-29(32(38)39)20-24-9-12-28(13-10-24)40-22-26-5-2-1-3-6-26/h1-10,12-13,19,25,29H,11,14-18,20-22H2,(H,34,36)(H,38,39)/t29-/m0/s1. The third kappa shape index (κ3) is 8.93. The minimum absolute atomic E-state index is 0.0228. The Morgan fingerprint density at radius 2 is 1.62 bits per heavy atom. The summed E-state index contributed by atoms with van der Waals surface area (Å²) in [5.74, 6) is -0.904. The normalized spacial score (nSPS) is 14.4. The minimum atomic E-state index is -1.09. The number of carbonyl (C=O) groups excluding carboxylic acids is 2. The highest BCUT2D eigenvalue weighted by molar-refractivity contribution is 5.84. The van der Waals surface area contributed by atoms with Gasteiger partial charge in [-0.1, -0.05) is 54.6 Å². The van der Waals surface area contributed by atoms with Crippen LogP contribution >= 0.6 is 0 Å². The Labute approximate surface area is 234 Å². The van der Waals surface area contributed by atoms with Gasteiger partial charge in [0.2, 0.25) is 11.8 Å². The summed E-state index contributed by atoms with van der Waals surface area (Å²) >= 11 is 0. The minimum Gasteiger partial charge on any atom is -0.489 e. The quantitative estimate of drug-likeness (QED) is 0.341. The van der Waals surface area contributed by atoms with Crippen molar-refractivity contribution in [2.24, 2.45) is 5.92 Å². The van der Waals surface area contributed by atoms with Crippen LogP contribution in [0, 0.1) is 11.7 Å². The third-order valence-corrected chi connectivity index (χ3v) is 7.20. The van der Waals surface area contributed by atoms with E-state index in [2.05, 4.69) is 5.32 Å². The molecule has 0 radical (unpaired) electrons. The Morgan fingerprint density at radius 1 is 0.925 bits per heavy atom. The van der Waals surface area contributed by atoms with Crippen molar-refractivity contribution in [3.05, 3.63) is 101 Å². The summed E-state index contributed by atoms with van der Waals surface area (Å²) < 4.78 is 19.1. The van der Waals surface area contributed by atoms with Crippen LogP contribution in [-0.4, -0.2) is 46.9 Å². The summed E-state index contributed by atoms with van der Waals surface area (Å²) in [5.41, 5.74) is 2.63. The molecule has 1 aliphatic rings. The van der Waals surface area contributed by atoms with Crippen molar-refractivity contribution in [2.45, 2.75) is 51.2 Å². The van der Waals surface area contributed by atoms with Gasteiger partial charge < -0.3 is 20.1 Å². The Bertz CT molecular complexity index is 1270. The van der Waals surface area contributed by atoms with E-state index in [0.717, 1.165) is 16.7 Å². The molecule has 3 aromatic carbocycles. The fourth-order valence-corrected chi connectivity index (χ4v) is 4.90. The SMILES string of the molecule is O=C(CC1CCN(C(=O)CCc2cccc(F)c2)CC1)N[C@@H](Cc1ccc(OCc2ccccc2)cc1)C(=O)O. The van der Waals surface area contributed by atoms with Gasteiger partial charge >= 0.3 is 5.97 Å². The van der Waals surface area contributed by atoms with E-state index >= 15 is 0 Å². The second-order valence-corrected chi connectivity index (χ2v) is 10.2. The topological polar surface area (TPSA) is 95.9 Å². The van der Waals surface area contributed by atoms with Gasteiger partial charge in [0.15, 0.2) is 0 Å². The highest BCUT2D eigenvalue weighted by Gasteiger charge is 2.26. The maximum Gasteiger partial charge on any atom is 0.326 e. The van der Waals surface area contributed by atoms with Gasteiger partial charge in [-0.15, -0.1) is 0 Å². The van der Waals surface area contributed by atoms with E-state index < -0.39 is 12.0 Å². The summed E-state index contributed by atoms with van der Waals surface area (Å²) in [7, 11) is 0. The monoisotopic (exact) mass is 546 g/mol. The number of benzene rings is 3. The maximum atomic E-state index is 13.4. The number of carboxylic acids is 1. The molecule has 1 saturated heterocycles. The number of hydrogen-bond donors (Lipinski definition) is 2. The number of aliphatic carboxylic acids is 1. The molecule has 4 rings (SSSR count). The molecule has 0 aliphatic carbocycles. The van der Waals surface area contributed by atoms with E-state index in [1.165, 1.54) is 12.1 Å². The first-order chi connectivity index (χ1) is 19.4. The second kappa shape index (κ2) is 14.3. The van der Waals surface area contributed by atoms with Gasteiger partial charge in [0, 0.05) is 32.4 Å². The fraction of sp³-hybridized carbons (Fsp3) is 0.344. The molecule has 1 fully saturated rings. The van der Waals surface area contributed by atoms with Crippen molar-refractivity contribution >= 4 is 17.8 Å². The summed E-state index contributed by atoms with van der Waals surface area (Å²) in [6.07, 6.45) is 2.55. The van der Waals surface area contributed by atoms with Crippen molar-refractivity contribution < 1.29 is 28.6 Å². The number of aryl methyl sites for hydroxylation is 1. The molecule has 2 amide bonds. The van der Waals surface area contributed by atoms with E-state index in [-0.39, 0.29) is 36.4 Å². The van der Waals surface area contributed by atoms with E-state index in [1.54, 1.807) is 23.1 Å². The van der Waals surface area contributed by atoms with Crippen LogP contribution in [0.5, 0.6) is 5.75 Å². The molecule has 0 unspecified atom stereocenters. The highest BCUT2D eigenvalue weighted by atomic mass is 19.1. The molecule has 1 heterocycles. The number of halogens is 1. The van der Waals surface area contributed by atoms with Gasteiger partial charge in [0.25, 0.3) is 0 Å². The van der Waals surface area contributed by atoms with Gasteiger partial charge in [0.05, 0.1) is 0 Å². The van der Waals surface area contributed by atoms with Gasteiger partial charge in [0.1, 0.15) is 24.2 Å². The Balaban J connectivity index is 1.18. The molecule has 40 heavy (non-hydrogen) atoms. The van der Waals surface area contributed by atoms with Crippen LogP contribution in [0.15, 0.2) is 78.9 Å². The molecule has 3 aromatic rings. The number of ether oxygens (including phenoxy) is 1. The summed E-state index contributed by atoms with van der Waals surface area (Å²) in [6, 6.07) is 22.3. The molecule has 2 N–H and O–H groups in total. The number of amides is 2. The van der Waals surface area contributed by atoms with Crippen molar-refractivity contribution in [3.63, 3.8) is 0 Å². The zero-order valence-corrected chi connectivity index (χ0v) is 22.4. The summed E-state index contributed by atoms with van der Waals surface area (Å²) in [4.78, 5) is 38.9. The molecular formula is C32H35FN2O5. The largest absolute Gasteiger partial charge is 0.489 e. The zero-order valence-electron chi connectivity index (χ0n) is 22.4. The second-order valence-electron chi connectivity index (χ2n) is 10.2. The van der Waals surface area contributed by atoms with E-state index in [9.17, 15) is 23.9 Å². The van der Waals surface area contributed by atoms with Crippen molar-refractivity contribution in [3.8, 4) is 5.75 Å². The molecule has 1 atom stereocenters. The molecular weight excluding hydrogens is 511 g/mol. The lowest BCUT2D eigenvalue weighted by atomic mass is 9.92. The molecule has 7 nitrogen and oxygen atoms in total. The molecule has 8 heteroatoms. The van der Waals surface area contributed by atoms with E-state index in [1.807, 2.05) is 48.5 Å². The molecule has 0 bridgehead atoms. The highest BCUT2D eigenvalue weighted by Crippen LogP contribution is 2.22. The fourth-order valence-electron chi connectivity index (χ4n) is 4.90. The van der Waals surface area contributed by atoms with Crippen LogP contribution in [-0.2, 0) is 33.8 Å². The molecule has 210 valence electrons. The van der Waals surface area contributed by atoms with Crippen molar-refractivity contribution in [1.82, 2.24) is 10.2 Å². The van der Waals surface area contributed by atoms with Gasteiger partial charge in [-0.3, -0.25) is 9.59 Å². The predicted molar refractivity (Wildman–Crippen MR) is 149 cm³/mol. The van der Waals surface area contributed by atoms with Crippen molar-refractivity contribution in [2.75, 3.05) is 13.1 Å². The van der Waals surface area contributed by atoms with Crippen LogP contribution in [0.4, 0.5) is 4.39 Å². The van der Waals surface area contributed by atoms with Gasteiger partial charge in [-0.05, 0) is 66.1 Å². The maximum absolute atomic E-state index is 13.4. The molecule has 0 saturated carbocycles. The molecule has 1 aliphatic heterocycles. The number of carboxylic acid groups (broad SMARTS) is 1. The number of likely N-dealkylation sites (tertiary alicyclic amines) is 1. The number of hydrogen-bond acceptors (Lipinski definition) is 4. The van der Waals surface area contributed by atoms with E-state index in [0.29, 0.717) is 51.1 Å². The predicted octanol–water partition coefficient (Wildman–Crippen LogP) is 4.78. The lowest BCUT2D eigenvalue weighted by Gasteiger charge is -2.32. The van der Waals surface area contributed by atoms with Crippen LogP contribution in [0.25, 0.3) is 0 Å². The number of rotatable bonds is 12. The average molecular weight is 547 g/mol. The number of nitrogens with zero attached hydrogens (tertiary/aromatic N) is 1. The lowest BCUT2D eigenvalue weighted by Crippen LogP contribution is -2.44. The van der Waals surface area contributed by atoms with Crippen LogP contribution in [0.3, 0.4) is 0 Å². The first-order valence-corrected chi connectivity index (χ1v) is 13.7. The number of carbonyl (C=O) groups is 3. The Kier molecular flexibility index (Phi) is 10.3. The Hall–Kier alpha value is -4.20. The van der Waals surface area contributed by atoms with Crippen molar-refractivity contribution in [1.29, 1.82) is 0 Å². The third-order valence-electron chi connectivity index (χ3n) is 7.20. The smallest absolute Gasteiger partial charge is 0.326 e. The lowest BCUT2D eigenvalue weighted by molar-refractivity contribution is -0.142. The summed E-state index contributed by atoms with van der Waals surface area (Å²) in [6.45, 7) is 1.55. The molecule has 0 aromatic heterocycles. The molecule has 0 spiro atoms. The Morgan fingerprint density at radius 3 is 2.30 bits per heavy atom. The van der Waals surface area contributed by atoms with Crippen LogP contribution in [0.1, 0.15) is 42.4 Å². The first kappa shape index (κ1) is 28.8. The van der Waals surface area contributed by atoms with Gasteiger partial charge in [-0.25, -0.2) is 9.18 Å². The first-order valence-electron chi connectivity index (χ1n) is 13.7. The summed E-state index contributed by atoms with van der Waals surface area (Å²) in [5, 5.41) is 12.4. The zero-order chi connectivity index (χ0) is 28.3. The van der Waals surface area contributed by atoms with E-state index in [4.69, 9.17) is 4.74 Å².